The van der Waals surface area contributed by atoms with Gasteiger partial charge in [-0.15, -0.1) is 0 Å². The number of carbonyl (C=O) groups is 1. The molecule has 2 heterocycles. The van der Waals surface area contributed by atoms with Crippen LogP contribution in [0, 0.1) is 0 Å². The molecule has 2 aliphatic rings. The third-order valence-electron chi connectivity index (χ3n) is 3.72. The van der Waals surface area contributed by atoms with Crippen LogP contribution in [0.5, 0.6) is 5.75 Å². The summed E-state index contributed by atoms with van der Waals surface area (Å²) in [6.07, 6.45) is 3.36. The predicted octanol–water partition coefficient (Wildman–Crippen LogP) is 0.253. The third kappa shape index (κ3) is 2.75. The molecular weight excluding hydrogens is 268 g/mol. The van der Waals surface area contributed by atoms with Crippen LogP contribution < -0.4 is 21.1 Å². The van der Waals surface area contributed by atoms with Crippen LogP contribution >= 0.6 is 0 Å². The summed E-state index contributed by atoms with van der Waals surface area (Å²) in [5.41, 5.74) is 5.97. The molecule has 2 aliphatic heterocycles. The highest BCUT2D eigenvalue weighted by Crippen LogP contribution is 2.27. The van der Waals surface area contributed by atoms with Crippen LogP contribution in [-0.2, 0) is 10.5 Å². The van der Waals surface area contributed by atoms with E-state index >= 15 is 0 Å². The van der Waals surface area contributed by atoms with Crippen molar-refractivity contribution in [2.45, 2.75) is 18.7 Å². The van der Waals surface area contributed by atoms with Crippen LogP contribution in [0.15, 0.2) is 41.0 Å². The maximum Gasteiger partial charge on any atom is 0.251 e. The van der Waals surface area contributed by atoms with Gasteiger partial charge in [0.05, 0.1) is 5.57 Å². The molecule has 110 valence electrons. The Morgan fingerprint density at radius 2 is 2.10 bits per heavy atom. The number of carbonyl (C=O) groups excluding carboxylic acids is 1. The fraction of sp³-hybridized carbons (Fsp3) is 0.333. The summed E-state index contributed by atoms with van der Waals surface area (Å²) < 4.78 is 5.78. The van der Waals surface area contributed by atoms with Gasteiger partial charge in [0.1, 0.15) is 11.9 Å². The molecule has 0 bridgehead atoms. The van der Waals surface area contributed by atoms with Gasteiger partial charge in [-0.05, 0) is 24.6 Å². The number of nitrogens with zero attached hydrogens (tertiary/aromatic N) is 1. The molecular formula is C15H18N4O2. The summed E-state index contributed by atoms with van der Waals surface area (Å²) in [5.74, 6) is 0.355. The Bertz CT molecular complexity index is 605. The molecule has 4 N–H and O–H groups in total. The number of rotatable bonds is 4. The molecule has 0 aliphatic carbocycles. The van der Waals surface area contributed by atoms with E-state index in [0.717, 1.165) is 24.4 Å². The summed E-state index contributed by atoms with van der Waals surface area (Å²) >= 11 is 0. The molecule has 1 aromatic rings. The SMILES string of the molecule is CC1(c2ccc(OC3CNC3)cc2)N=CC(C(N)=O)=CN1. The topological polar surface area (TPSA) is 88.7 Å². The number of nitrogens with one attached hydrogen (secondary N) is 2. The van der Waals surface area contributed by atoms with Gasteiger partial charge in [0.15, 0.2) is 5.66 Å². The molecule has 6 heteroatoms. The molecule has 1 fully saturated rings. The number of primary amides is 1. The molecule has 0 spiro atoms. The molecule has 1 unspecified atom stereocenters. The summed E-state index contributed by atoms with van der Waals surface area (Å²) in [6.45, 7) is 3.72. The van der Waals surface area contributed by atoms with E-state index in [-0.39, 0.29) is 6.10 Å². The van der Waals surface area contributed by atoms with E-state index in [1.807, 2.05) is 31.2 Å². The molecule has 0 aromatic heterocycles. The van der Waals surface area contributed by atoms with Gasteiger partial charge in [-0.3, -0.25) is 9.79 Å². The van der Waals surface area contributed by atoms with E-state index in [1.54, 1.807) is 6.20 Å². The third-order valence-corrected chi connectivity index (χ3v) is 3.72. The second-order valence-electron chi connectivity index (χ2n) is 5.36. The average Bonchev–Trinajstić information content (AvgIpc) is 2.44. The normalized spacial score (nSPS) is 24.7. The average molecular weight is 286 g/mol. The van der Waals surface area contributed by atoms with Crippen molar-refractivity contribution in [1.82, 2.24) is 10.6 Å². The quantitative estimate of drug-likeness (QED) is 0.740. The Morgan fingerprint density at radius 1 is 1.38 bits per heavy atom. The fourth-order valence-corrected chi connectivity index (χ4v) is 2.18. The first-order valence-corrected chi connectivity index (χ1v) is 6.88. The maximum atomic E-state index is 11.1. The van der Waals surface area contributed by atoms with Gasteiger partial charge < -0.3 is 21.1 Å². The highest BCUT2D eigenvalue weighted by Gasteiger charge is 2.27. The van der Waals surface area contributed by atoms with E-state index in [4.69, 9.17) is 10.5 Å². The van der Waals surface area contributed by atoms with Crippen molar-refractivity contribution in [2.24, 2.45) is 10.7 Å². The van der Waals surface area contributed by atoms with Crippen LogP contribution in [-0.4, -0.2) is 31.3 Å². The number of hydrogen-bond donors (Lipinski definition) is 3. The highest BCUT2D eigenvalue weighted by molar-refractivity contribution is 6.11. The van der Waals surface area contributed by atoms with Gasteiger partial charge in [-0.25, -0.2) is 0 Å². The smallest absolute Gasteiger partial charge is 0.251 e. The van der Waals surface area contributed by atoms with E-state index in [2.05, 4.69) is 15.6 Å². The lowest BCUT2D eigenvalue weighted by molar-refractivity contribution is -0.114. The van der Waals surface area contributed by atoms with Crippen LogP contribution in [0.3, 0.4) is 0 Å². The number of nitrogens with two attached hydrogens (primary N) is 1. The Labute approximate surface area is 123 Å². The summed E-state index contributed by atoms with van der Waals surface area (Å²) in [6, 6.07) is 7.80. The van der Waals surface area contributed by atoms with Gasteiger partial charge in [-0.2, -0.15) is 0 Å². The minimum atomic E-state index is -0.602. The molecule has 3 rings (SSSR count). The fourth-order valence-electron chi connectivity index (χ4n) is 2.18. The van der Waals surface area contributed by atoms with Gasteiger partial charge >= 0.3 is 0 Å². The summed E-state index contributed by atoms with van der Waals surface area (Å²) in [5, 5.41) is 6.28. The molecule has 21 heavy (non-hydrogen) atoms. The number of aliphatic imine (C=N–C) groups is 1. The lowest BCUT2D eigenvalue weighted by Gasteiger charge is -2.30. The van der Waals surface area contributed by atoms with Crippen LogP contribution in [0.1, 0.15) is 12.5 Å². The molecule has 1 saturated heterocycles. The highest BCUT2D eigenvalue weighted by atomic mass is 16.5. The summed E-state index contributed by atoms with van der Waals surface area (Å²) in [4.78, 5) is 15.5. The van der Waals surface area contributed by atoms with Crippen molar-refractivity contribution < 1.29 is 9.53 Å². The predicted molar refractivity (Wildman–Crippen MR) is 80.0 cm³/mol. The Hall–Kier alpha value is -2.34. The molecule has 1 amide bonds. The van der Waals surface area contributed by atoms with Gasteiger partial charge in [0.25, 0.3) is 5.91 Å². The Balaban J connectivity index is 1.72. The second kappa shape index (κ2) is 5.21. The van der Waals surface area contributed by atoms with Crippen LogP contribution in [0.4, 0.5) is 0 Å². The lowest BCUT2D eigenvalue weighted by Crippen LogP contribution is -2.50. The van der Waals surface area contributed by atoms with Crippen LogP contribution in [0.25, 0.3) is 0 Å². The number of hydrogen-bond acceptors (Lipinski definition) is 5. The standard InChI is InChI=1S/C15H18N4O2/c1-15(18-6-10(7-19-15)14(16)20)11-2-4-12(5-3-11)21-13-8-17-9-13/h2-7,13,17-18H,8-9H2,1H3,(H2,16,20). The van der Waals surface area contributed by atoms with Gasteiger partial charge in [0, 0.05) is 25.5 Å². The van der Waals surface area contributed by atoms with Gasteiger partial charge in [-0.1, -0.05) is 12.1 Å². The first kappa shape index (κ1) is 13.6. The van der Waals surface area contributed by atoms with Crippen molar-refractivity contribution in [3.05, 3.63) is 41.6 Å². The Morgan fingerprint density at radius 3 is 2.57 bits per heavy atom. The minimum Gasteiger partial charge on any atom is -0.488 e. The van der Waals surface area contributed by atoms with Crippen molar-refractivity contribution in [2.75, 3.05) is 13.1 Å². The Kier molecular flexibility index (Phi) is 3.39. The molecule has 0 radical (unpaired) electrons. The van der Waals surface area contributed by atoms with E-state index in [9.17, 15) is 4.79 Å². The molecule has 6 nitrogen and oxygen atoms in total. The number of amides is 1. The number of benzene rings is 1. The summed E-state index contributed by atoms with van der Waals surface area (Å²) in [7, 11) is 0. The first-order chi connectivity index (χ1) is 10.1. The van der Waals surface area contributed by atoms with E-state index in [1.165, 1.54) is 6.21 Å². The monoisotopic (exact) mass is 286 g/mol. The molecule has 0 saturated carbocycles. The molecule has 1 aromatic carbocycles. The van der Waals surface area contributed by atoms with E-state index in [0.29, 0.717) is 5.57 Å². The van der Waals surface area contributed by atoms with E-state index < -0.39 is 11.6 Å². The zero-order valence-corrected chi connectivity index (χ0v) is 11.8. The van der Waals surface area contributed by atoms with Crippen molar-refractivity contribution in [1.29, 1.82) is 0 Å². The van der Waals surface area contributed by atoms with Crippen molar-refractivity contribution in [3.63, 3.8) is 0 Å². The van der Waals surface area contributed by atoms with Crippen molar-refractivity contribution >= 4 is 12.1 Å². The zero-order valence-electron chi connectivity index (χ0n) is 11.8. The largest absolute Gasteiger partial charge is 0.488 e. The first-order valence-electron chi connectivity index (χ1n) is 6.88. The number of ether oxygens (including phenoxy) is 1. The maximum absolute atomic E-state index is 11.1. The van der Waals surface area contributed by atoms with Gasteiger partial charge in [0.2, 0.25) is 0 Å². The minimum absolute atomic E-state index is 0.262. The lowest BCUT2D eigenvalue weighted by atomic mass is 10.0. The second-order valence-corrected chi connectivity index (χ2v) is 5.36. The van der Waals surface area contributed by atoms with Crippen molar-refractivity contribution in [3.8, 4) is 5.75 Å². The van der Waals surface area contributed by atoms with Crippen LogP contribution in [0.2, 0.25) is 0 Å². The molecule has 1 atom stereocenters. The zero-order chi connectivity index (χ0) is 14.9.